The van der Waals surface area contributed by atoms with Crippen LogP contribution in [-0.4, -0.2) is 32.5 Å². The van der Waals surface area contributed by atoms with Gasteiger partial charge in [0.05, 0.1) is 11.7 Å². The minimum absolute atomic E-state index is 0.491. The van der Waals surface area contributed by atoms with Crippen LogP contribution in [-0.2, 0) is 6.54 Å². The second kappa shape index (κ2) is 5.53. The van der Waals surface area contributed by atoms with Gasteiger partial charge in [-0.3, -0.25) is 9.88 Å². The summed E-state index contributed by atoms with van der Waals surface area (Å²) < 4.78 is 2.22. The van der Waals surface area contributed by atoms with Crippen molar-refractivity contribution in [2.24, 2.45) is 0 Å². The van der Waals surface area contributed by atoms with Gasteiger partial charge in [0.25, 0.3) is 0 Å². The van der Waals surface area contributed by atoms with Crippen molar-refractivity contribution in [1.29, 1.82) is 0 Å². The largest absolute Gasteiger partial charge is 0.334 e. The molecule has 4 heteroatoms. The first-order valence-corrected chi connectivity index (χ1v) is 6.97. The van der Waals surface area contributed by atoms with E-state index in [0.29, 0.717) is 6.04 Å². The molecule has 1 fully saturated rings. The summed E-state index contributed by atoms with van der Waals surface area (Å²) in [7, 11) is 0. The summed E-state index contributed by atoms with van der Waals surface area (Å²) in [5.74, 6) is 1.09. The monoisotopic (exact) mass is 256 g/mol. The van der Waals surface area contributed by atoms with E-state index in [1.165, 1.54) is 25.1 Å². The van der Waals surface area contributed by atoms with Crippen molar-refractivity contribution in [3.63, 3.8) is 0 Å². The maximum Gasteiger partial charge on any atom is 0.105 e. The fourth-order valence-electron chi connectivity index (χ4n) is 2.88. The third kappa shape index (κ3) is 2.68. The van der Waals surface area contributed by atoms with Gasteiger partial charge in [-0.25, -0.2) is 4.98 Å². The average Bonchev–Trinajstić information content (AvgIpc) is 3.06. The number of hydrogen-bond donors (Lipinski definition) is 0. The molecular weight excluding hydrogens is 236 g/mol. The maximum absolute atomic E-state index is 4.51. The van der Waals surface area contributed by atoms with Gasteiger partial charge in [-0.2, -0.15) is 0 Å². The summed E-state index contributed by atoms with van der Waals surface area (Å²) in [6, 6.07) is 6.70. The Balaban J connectivity index is 1.66. The topological polar surface area (TPSA) is 34.0 Å². The van der Waals surface area contributed by atoms with Crippen molar-refractivity contribution < 1.29 is 0 Å². The Bertz CT molecular complexity index is 520. The van der Waals surface area contributed by atoms with Gasteiger partial charge in [0, 0.05) is 31.7 Å². The lowest BCUT2D eigenvalue weighted by atomic mass is 10.1. The van der Waals surface area contributed by atoms with Gasteiger partial charge in [0.1, 0.15) is 5.82 Å². The Morgan fingerprint density at radius 1 is 1.21 bits per heavy atom. The van der Waals surface area contributed by atoms with Gasteiger partial charge < -0.3 is 4.57 Å². The van der Waals surface area contributed by atoms with Crippen LogP contribution < -0.4 is 0 Å². The van der Waals surface area contributed by atoms with E-state index in [0.717, 1.165) is 18.9 Å². The van der Waals surface area contributed by atoms with E-state index in [1.54, 1.807) is 0 Å². The van der Waals surface area contributed by atoms with E-state index in [9.17, 15) is 0 Å². The molecule has 4 nitrogen and oxygen atoms in total. The average molecular weight is 256 g/mol. The lowest BCUT2D eigenvalue weighted by molar-refractivity contribution is 0.242. The highest BCUT2D eigenvalue weighted by atomic mass is 15.2. The molecular formula is C15H20N4. The number of hydrogen-bond acceptors (Lipinski definition) is 3. The van der Waals surface area contributed by atoms with Gasteiger partial charge in [-0.15, -0.1) is 0 Å². The number of imidazole rings is 1. The Morgan fingerprint density at radius 2 is 2.16 bits per heavy atom. The van der Waals surface area contributed by atoms with Crippen LogP contribution >= 0.6 is 0 Å². The van der Waals surface area contributed by atoms with Crippen LogP contribution in [0.1, 0.15) is 30.4 Å². The highest BCUT2D eigenvalue weighted by molar-refractivity contribution is 5.10. The molecule has 3 rings (SSSR count). The molecule has 1 aliphatic rings. The van der Waals surface area contributed by atoms with Gasteiger partial charge in [-0.1, -0.05) is 6.07 Å². The predicted octanol–water partition coefficient (Wildman–Crippen LogP) is 2.42. The van der Waals surface area contributed by atoms with E-state index in [-0.39, 0.29) is 0 Å². The number of likely N-dealkylation sites (tertiary alicyclic amines) is 1. The molecule has 0 spiro atoms. The fraction of sp³-hybridized carbons (Fsp3) is 0.467. The summed E-state index contributed by atoms with van der Waals surface area (Å²) in [6.45, 7) is 5.31. The second-order valence-corrected chi connectivity index (χ2v) is 5.12. The molecule has 1 atom stereocenters. The van der Waals surface area contributed by atoms with Crippen molar-refractivity contribution >= 4 is 0 Å². The number of pyridine rings is 1. The third-order valence-corrected chi connectivity index (χ3v) is 3.94. The summed E-state index contributed by atoms with van der Waals surface area (Å²) in [4.78, 5) is 11.3. The van der Waals surface area contributed by atoms with Crippen molar-refractivity contribution in [3.8, 4) is 0 Å². The van der Waals surface area contributed by atoms with E-state index < -0.39 is 0 Å². The second-order valence-electron chi connectivity index (χ2n) is 5.12. The van der Waals surface area contributed by atoms with Gasteiger partial charge in [0.2, 0.25) is 0 Å². The first kappa shape index (κ1) is 12.4. The number of aryl methyl sites for hydroxylation is 1. The normalized spacial score (nSPS) is 19.9. The zero-order chi connectivity index (χ0) is 13.1. The van der Waals surface area contributed by atoms with Crippen LogP contribution in [0.4, 0.5) is 0 Å². The van der Waals surface area contributed by atoms with Crippen LogP contribution in [0.25, 0.3) is 0 Å². The van der Waals surface area contributed by atoms with E-state index >= 15 is 0 Å². The fourth-order valence-corrected chi connectivity index (χ4v) is 2.88. The zero-order valence-corrected chi connectivity index (χ0v) is 11.4. The Labute approximate surface area is 114 Å². The lowest BCUT2D eigenvalue weighted by Crippen LogP contribution is -2.27. The summed E-state index contributed by atoms with van der Waals surface area (Å²) in [6.07, 6.45) is 8.31. The molecule has 0 saturated carbocycles. The molecule has 100 valence electrons. The first-order valence-electron chi connectivity index (χ1n) is 6.97. The first-order chi connectivity index (χ1) is 9.34. The molecule has 0 aromatic carbocycles. The number of aromatic nitrogens is 3. The molecule has 0 unspecified atom stereocenters. The van der Waals surface area contributed by atoms with E-state index in [2.05, 4.69) is 44.7 Å². The smallest absolute Gasteiger partial charge is 0.105 e. The van der Waals surface area contributed by atoms with Crippen LogP contribution in [0.2, 0.25) is 0 Å². The minimum Gasteiger partial charge on any atom is -0.334 e. The van der Waals surface area contributed by atoms with Crippen molar-refractivity contribution in [3.05, 3.63) is 48.3 Å². The Kier molecular flexibility index (Phi) is 3.60. The Hall–Kier alpha value is -1.68. The standard InChI is InChI=1S/C15H20N4/c1-13-16-8-10-18(13)11-12-19-9-4-6-15(19)14-5-2-3-7-17-14/h2-3,5,7-8,10,15H,4,6,9,11-12H2,1H3/t15-/m0/s1. The minimum atomic E-state index is 0.491. The molecule has 19 heavy (non-hydrogen) atoms. The molecule has 1 aliphatic heterocycles. The van der Waals surface area contributed by atoms with Gasteiger partial charge >= 0.3 is 0 Å². The highest BCUT2D eigenvalue weighted by Gasteiger charge is 2.26. The molecule has 0 amide bonds. The van der Waals surface area contributed by atoms with Crippen LogP contribution in [0.3, 0.4) is 0 Å². The number of rotatable bonds is 4. The van der Waals surface area contributed by atoms with Gasteiger partial charge in [-0.05, 0) is 38.4 Å². The zero-order valence-electron chi connectivity index (χ0n) is 11.4. The Morgan fingerprint density at radius 3 is 2.89 bits per heavy atom. The van der Waals surface area contributed by atoms with E-state index in [4.69, 9.17) is 0 Å². The SMILES string of the molecule is Cc1nccn1CCN1CCC[C@H]1c1ccccn1. The van der Waals surface area contributed by atoms with Crippen molar-refractivity contribution in [2.75, 3.05) is 13.1 Å². The highest BCUT2D eigenvalue weighted by Crippen LogP contribution is 2.30. The summed E-state index contributed by atoms with van der Waals surface area (Å²) in [5.41, 5.74) is 1.21. The van der Waals surface area contributed by atoms with Crippen molar-refractivity contribution in [2.45, 2.75) is 32.4 Å². The van der Waals surface area contributed by atoms with Crippen LogP contribution in [0, 0.1) is 6.92 Å². The molecule has 0 N–H and O–H groups in total. The molecule has 2 aromatic heterocycles. The van der Waals surface area contributed by atoms with Crippen molar-refractivity contribution in [1.82, 2.24) is 19.4 Å². The number of nitrogens with zero attached hydrogens (tertiary/aromatic N) is 4. The van der Waals surface area contributed by atoms with Gasteiger partial charge in [0.15, 0.2) is 0 Å². The molecule has 3 heterocycles. The quantitative estimate of drug-likeness (QED) is 0.842. The molecule has 0 aliphatic carbocycles. The molecule has 0 bridgehead atoms. The van der Waals surface area contributed by atoms with Crippen LogP contribution in [0.15, 0.2) is 36.8 Å². The molecule has 2 aromatic rings. The maximum atomic E-state index is 4.51. The third-order valence-electron chi connectivity index (χ3n) is 3.94. The van der Waals surface area contributed by atoms with Crippen LogP contribution in [0.5, 0.6) is 0 Å². The molecule has 0 radical (unpaired) electrons. The predicted molar refractivity (Wildman–Crippen MR) is 74.7 cm³/mol. The summed E-state index contributed by atoms with van der Waals surface area (Å²) in [5, 5.41) is 0. The molecule has 1 saturated heterocycles. The van der Waals surface area contributed by atoms with E-state index in [1.807, 2.05) is 18.5 Å². The summed E-state index contributed by atoms with van der Waals surface area (Å²) >= 11 is 0. The lowest BCUT2D eigenvalue weighted by Gasteiger charge is -2.24.